The van der Waals surface area contributed by atoms with Crippen molar-refractivity contribution in [1.29, 1.82) is 0 Å². The van der Waals surface area contributed by atoms with Gasteiger partial charge < -0.3 is 5.11 Å². The van der Waals surface area contributed by atoms with Gasteiger partial charge in [0.2, 0.25) is 0 Å². The van der Waals surface area contributed by atoms with Gasteiger partial charge in [0.1, 0.15) is 0 Å². The quantitative estimate of drug-likeness (QED) is 0.503. The summed E-state index contributed by atoms with van der Waals surface area (Å²) in [7, 11) is 0. The third-order valence-corrected chi connectivity index (χ3v) is 2.33. The van der Waals surface area contributed by atoms with Crippen LogP contribution in [0.4, 0.5) is 0 Å². The molecule has 0 amide bonds. The van der Waals surface area contributed by atoms with Crippen LogP contribution in [0.3, 0.4) is 0 Å². The van der Waals surface area contributed by atoms with Crippen molar-refractivity contribution in [2.24, 2.45) is 0 Å². The molecule has 1 aliphatic carbocycles. The Morgan fingerprint density at radius 2 is 2.08 bits per heavy atom. The summed E-state index contributed by atoms with van der Waals surface area (Å²) in [5.74, 6) is 0. The van der Waals surface area contributed by atoms with Crippen molar-refractivity contribution in [3.8, 4) is 0 Å². The standard InChI is InChI=1S/C11H18O/c1-10-5-7-11(8-6-10)4-2-3-9-12/h5,8,12H,2-4,6-7,9H2,1H3. The van der Waals surface area contributed by atoms with Crippen LogP contribution in [0, 0.1) is 0 Å². The molecule has 0 unspecified atom stereocenters. The molecule has 0 fully saturated rings. The Labute approximate surface area is 74.8 Å². The molecule has 12 heavy (non-hydrogen) atoms. The number of hydrogen-bond donors (Lipinski definition) is 1. The minimum absolute atomic E-state index is 0.335. The minimum atomic E-state index is 0.335. The Hall–Kier alpha value is -0.560. The van der Waals surface area contributed by atoms with E-state index in [9.17, 15) is 0 Å². The Kier molecular flexibility index (Phi) is 4.09. The van der Waals surface area contributed by atoms with Crippen LogP contribution in [0.5, 0.6) is 0 Å². The number of allylic oxidation sites excluding steroid dienone is 4. The summed E-state index contributed by atoms with van der Waals surface area (Å²) in [6.45, 7) is 2.52. The highest BCUT2D eigenvalue weighted by atomic mass is 16.2. The van der Waals surface area contributed by atoms with E-state index in [0.29, 0.717) is 6.61 Å². The average molecular weight is 166 g/mol. The molecule has 0 bridgehead atoms. The van der Waals surface area contributed by atoms with E-state index in [4.69, 9.17) is 5.11 Å². The van der Waals surface area contributed by atoms with Crippen LogP contribution in [0.15, 0.2) is 23.3 Å². The fraction of sp³-hybridized carbons (Fsp3) is 0.636. The summed E-state index contributed by atoms with van der Waals surface area (Å²) in [6.07, 6.45) is 10.2. The summed E-state index contributed by atoms with van der Waals surface area (Å²) in [5.41, 5.74) is 3.04. The molecule has 0 spiro atoms. The topological polar surface area (TPSA) is 20.2 Å². The minimum Gasteiger partial charge on any atom is -0.396 e. The number of aliphatic hydroxyl groups is 1. The molecule has 1 heteroatoms. The maximum Gasteiger partial charge on any atom is 0.0431 e. The smallest absolute Gasteiger partial charge is 0.0431 e. The average Bonchev–Trinajstić information content (AvgIpc) is 2.09. The molecule has 1 nitrogen and oxygen atoms in total. The van der Waals surface area contributed by atoms with Gasteiger partial charge in [0.15, 0.2) is 0 Å². The fourth-order valence-corrected chi connectivity index (χ4v) is 1.45. The van der Waals surface area contributed by atoms with Crippen LogP contribution in [-0.2, 0) is 0 Å². The molecule has 0 aromatic rings. The molecular formula is C11H18O. The number of hydrogen-bond acceptors (Lipinski definition) is 1. The lowest BCUT2D eigenvalue weighted by molar-refractivity contribution is 0.284. The monoisotopic (exact) mass is 166 g/mol. The van der Waals surface area contributed by atoms with Gasteiger partial charge in [0.05, 0.1) is 0 Å². The third-order valence-electron chi connectivity index (χ3n) is 2.33. The maximum atomic E-state index is 8.61. The first-order valence-corrected chi connectivity index (χ1v) is 4.77. The second kappa shape index (κ2) is 5.15. The summed E-state index contributed by atoms with van der Waals surface area (Å²) >= 11 is 0. The van der Waals surface area contributed by atoms with Crippen molar-refractivity contribution in [1.82, 2.24) is 0 Å². The van der Waals surface area contributed by atoms with Crippen molar-refractivity contribution in [3.05, 3.63) is 23.3 Å². The summed E-state index contributed by atoms with van der Waals surface area (Å²) in [5, 5.41) is 8.61. The van der Waals surface area contributed by atoms with Crippen molar-refractivity contribution >= 4 is 0 Å². The predicted molar refractivity (Wildman–Crippen MR) is 52.0 cm³/mol. The molecule has 0 aliphatic heterocycles. The zero-order valence-corrected chi connectivity index (χ0v) is 7.84. The van der Waals surface area contributed by atoms with Gasteiger partial charge in [-0.25, -0.2) is 0 Å². The zero-order chi connectivity index (χ0) is 8.81. The number of unbranched alkanes of at least 4 members (excludes halogenated alkanes) is 1. The lowest BCUT2D eigenvalue weighted by Crippen LogP contribution is -1.91. The lowest BCUT2D eigenvalue weighted by Gasteiger charge is -2.10. The van der Waals surface area contributed by atoms with Crippen molar-refractivity contribution in [3.63, 3.8) is 0 Å². The first-order valence-electron chi connectivity index (χ1n) is 4.77. The first-order chi connectivity index (χ1) is 5.83. The van der Waals surface area contributed by atoms with Gasteiger partial charge in [-0.15, -0.1) is 0 Å². The number of rotatable bonds is 4. The van der Waals surface area contributed by atoms with Gasteiger partial charge in [-0.1, -0.05) is 23.3 Å². The van der Waals surface area contributed by atoms with E-state index in [-0.39, 0.29) is 0 Å². The Bertz CT molecular complexity index is 189. The predicted octanol–water partition coefficient (Wildman–Crippen LogP) is 2.82. The summed E-state index contributed by atoms with van der Waals surface area (Å²) in [4.78, 5) is 0. The van der Waals surface area contributed by atoms with E-state index >= 15 is 0 Å². The normalized spacial score (nSPS) is 17.2. The Morgan fingerprint density at radius 3 is 2.67 bits per heavy atom. The van der Waals surface area contributed by atoms with E-state index < -0.39 is 0 Å². The molecule has 0 radical (unpaired) electrons. The SMILES string of the molecule is CC1=CCC(CCCCO)=CC1. The van der Waals surface area contributed by atoms with Crippen LogP contribution in [0.2, 0.25) is 0 Å². The molecule has 1 N–H and O–H groups in total. The van der Waals surface area contributed by atoms with Crippen molar-refractivity contribution < 1.29 is 5.11 Å². The molecule has 0 saturated heterocycles. The van der Waals surface area contributed by atoms with E-state index in [2.05, 4.69) is 19.1 Å². The largest absolute Gasteiger partial charge is 0.396 e. The van der Waals surface area contributed by atoms with Gasteiger partial charge >= 0.3 is 0 Å². The molecule has 0 heterocycles. The van der Waals surface area contributed by atoms with E-state index in [0.717, 1.165) is 25.7 Å². The highest BCUT2D eigenvalue weighted by molar-refractivity contribution is 5.19. The van der Waals surface area contributed by atoms with Crippen molar-refractivity contribution in [2.75, 3.05) is 6.61 Å². The van der Waals surface area contributed by atoms with Gasteiger partial charge in [-0.3, -0.25) is 0 Å². The highest BCUT2D eigenvalue weighted by Crippen LogP contribution is 2.20. The Balaban J connectivity index is 2.18. The molecule has 1 aliphatic rings. The molecule has 0 aromatic carbocycles. The molecule has 1 rings (SSSR count). The van der Waals surface area contributed by atoms with E-state index in [1.807, 2.05) is 0 Å². The van der Waals surface area contributed by atoms with E-state index in [1.165, 1.54) is 12.0 Å². The summed E-state index contributed by atoms with van der Waals surface area (Å²) in [6, 6.07) is 0. The van der Waals surface area contributed by atoms with E-state index in [1.54, 1.807) is 5.57 Å². The molecule has 0 atom stereocenters. The van der Waals surface area contributed by atoms with Crippen LogP contribution in [-0.4, -0.2) is 11.7 Å². The second-order valence-electron chi connectivity index (χ2n) is 3.50. The maximum absolute atomic E-state index is 8.61. The molecule has 68 valence electrons. The van der Waals surface area contributed by atoms with Gasteiger partial charge in [-0.05, 0) is 39.0 Å². The van der Waals surface area contributed by atoms with Crippen LogP contribution in [0.25, 0.3) is 0 Å². The Morgan fingerprint density at radius 1 is 1.25 bits per heavy atom. The van der Waals surface area contributed by atoms with Crippen LogP contribution in [0.1, 0.15) is 39.0 Å². The molecule has 0 saturated carbocycles. The third kappa shape index (κ3) is 3.22. The van der Waals surface area contributed by atoms with Gasteiger partial charge in [0, 0.05) is 6.61 Å². The van der Waals surface area contributed by atoms with Crippen LogP contribution >= 0.6 is 0 Å². The number of aliphatic hydroxyl groups excluding tert-OH is 1. The summed E-state index contributed by atoms with van der Waals surface area (Å²) < 4.78 is 0. The van der Waals surface area contributed by atoms with Crippen molar-refractivity contribution in [2.45, 2.75) is 39.0 Å². The highest BCUT2D eigenvalue weighted by Gasteiger charge is 2.01. The zero-order valence-electron chi connectivity index (χ0n) is 7.84. The fourth-order valence-electron chi connectivity index (χ4n) is 1.45. The first kappa shape index (κ1) is 9.53. The van der Waals surface area contributed by atoms with Crippen LogP contribution < -0.4 is 0 Å². The lowest BCUT2D eigenvalue weighted by atomic mass is 9.97. The molecule has 0 aromatic heterocycles. The van der Waals surface area contributed by atoms with Gasteiger partial charge in [0.25, 0.3) is 0 Å². The van der Waals surface area contributed by atoms with Gasteiger partial charge in [-0.2, -0.15) is 0 Å². The second-order valence-corrected chi connectivity index (χ2v) is 3.50. The molecular weight excluding hydrogens is 148 g/mol.